The first-order valence-corrected chi connectivity index (χ1v) is 8.36. The normalized spacial score (nSPS) is 17.0. The Bertz CT molecular complexity index is 612. The second-order valence-corrected chi connectivity index (χ2v) is 6.42. The lowest BCUT2D eigenvalue weighted by Crippen LogP contribution is -2.30. The van der Waals surface area contributed by atoms with Gasteiger partial charge in [0.15, 0.2) is 0 Å². The molecule has 1 N–H and O–H groups in total. The Morgan fingerprint density at radius 2 is 1.86 bits per heavy atom. The van der Waals surface area contributed by atoms with Crippen LogP contribution in [-0.2, 0) is 11.2 Å². The molecule has 0 spiro atoms. The topological polar surface area (TPSA) is 29.1 Å². The molecule has 1 amide bonds. The number of aryl methyl sites for hydroxylation is 1. The van der Waals surface area contributed by atoms with Crippen LogP contribution in [0, 0.1) is 0 Å². The van der Waals surface area contributed by atoms with Gasteiger partial charge in [-0.2, -0.15) is 0 Å². The van der Waals surface area contributed by atoms with E-state index in [0.717, 1.165) is 18.6 Å². The minimum absolute atomic E-state index is 0.144. The number of carbonyl (C=O) groups excluding carboxylic acids is 1. The van der Waals surface area contributed by atoms with Crippen LogP contribution in [0.4, 0.5) is 0 Å². The van der Waals surface area contributed by atoms with Crippen LogP contribution in [0.3, 0.4) is 0 Å². The highest BCUT2D eigenvalue weighted by atomic mass is 32.2. The van der Waals surface area contributed by atoms with Gasteiger partial charge in [-0.15, -0.1) is 11.8 Å². The van der Waals surface area contributed by atoms with Crippen LogP contribution in [0.1, 0.15) is 30.0 Å². The van der Waals surface area contributed by atoms with Gasteiger partial charge in [0.05, 0.1) is 6.04 Å². The zero-order chi connectivity index (χ0) is 14.5. The predicted molar refractivity (Wildman–Crippen MR) is 87.4 cm³/mol. The van der Waals surface area contributed by atoms with E-state index in [4.69, 9.17) is 0 Å². The monoisotopic (exact) mass is 297 g/mol. The van der Waals surface area contributed by atoms with Crippen molar-refractivity contribution in [3.8, 4) is 0 Å². The van der Waals surface area contributed by atoms with E-state index in [0.29, 0.717) is 6.42 Å². The number of hydrogen-bond acceptors (Lipinski definition) is 2. The molecule has 2 aromatic rings. The summed E-state index contributed by atoms with van der Waals surface area (Å²) < 4.78 is 0. The van der Waals surface area contributed by atoms with Crippen LogP contribution in [0.5, 0.6) is 0 Å². The van der Waals surface area contributed by atoms with Crippen molar-refractivity contribution < 1.29 is 4.79 Å². The number of benzene rings is 2. The highest BCUT2D eigenvalue weighted by molar-refractivity contribution is 7.99. The van der Waals surface area contributed by atoms with Crippen LogP contribution in [0.15, 0.2) is 59.5 Å². The van der Waals surface area contributed by atoms with Gasteiger partial charge in [0, 0.05) is 17.1 Å². The third kappa shape index (κ3) is 3.67. The maximum Gasteiger partial charge on any atom is 0.220 e. The lowest BCUT2D eigenvalue weighted by molar-refractivity contribution is -0.121. The molecule has 21 heavy (non-hydrogen) atoms. The second-order valence-electron chi connectivity index (χ2n) is 5.28. The molecule has 1 aliphatic rings. The Labute approximate surface area is 130 Å². The Hall–Kier alpha value is -1.74. The van der Waals surface area contributed by atoms with Crippen LogP contribution in [0.25, 0.3) is 0 Å². The van der Waals surface area contributed by atoms with Gasteiger partial charge in [-0.3, -0.25) is 4.79 Å². The summed E-state index contributed by atoms with van der Waals surface area (Å²) in [6, 6.07) is 18.7. The number of fused-ring (bicyclic) bond motifs is 1. The molecular weight excluding hydrogens is 278 g/mol. The summed E-state index contributed by atoms with van der Waals surface area (Å²) in [5.74, 6) is 1.21. The van der Waals surface area contributed by atoms with Crippen LogP contribution in [-0.4, -0.2) is 11.7 Å². The Morgan fingerprint density at radius 1 is 1.10 bits per heavy atom. The van der Waals surface area contributed by atoms with Gasteiger partial charge in [0.1, 0.15) is 0 Å². The molecule has 0 unspecified atom stereocenters. The van der Waals surface area contributed by atoms with E-state index in [1.54, 1.807) is 0 Å². The van der Waals surface area contributed by atoms with Gasteiger partial charge in [0.2, 0.25) is 5.91 Å². The lowest BCUT2D eigenvalue weighted by atomic mass is 10.0. The van der Waals surface area contributed by atoms with Crippen molar-refractivity contribution in [1.82, 2.24) is 5.32 Å². The molecule has 1 heterocycles. The van der Waals surface area contributed by atoms with E-state index in [1.807, 2.05) is 36.0 Å². The Morgan fingerprint density at radius 3 is 2.71 bits per heavy atom. The number of carbonyl (C=O) groups is 1. The summed E-state index contributed by atoms with van der Waals surface area (Å²) in [5, 5.41) is 3.19. The van der Waals surface area contributed by atoms with Gasteiger partial charge in [-0.05, 0) is 30.0 Å². The average molecular weight is 297 g/mol. The van der Waals surface area contributed by atoms with Gasteiger partial charge in [-0.1, -0.05) is 48.5 Å². The maximum absolute atomic E-state index is 12.2. The average Bonchev–Trinajstić information content (AvgIpc) is 2.54. The minimum atomic E-state index is 0.144. The maximum atomic E-state index is 12.2. The molecule has 1 atom stereocenters. The molecule has 0 saturated heterocycles. The van der Waals surface area contributed by atoms with E-state index in [9.17, 15) is 4.79 Å². The van der Waals surface area contributed by atoms with E-state index >= 15 is 0 Å². The van der Waals surface area contributed by atoms with Crippen molar-refractivity contribution in [2.45, 2.75) is 30.2 Å². The number of amides is 1. The molecule has 2 nitrogen and oxygen atoms in total. The molecule has 2 aromatic carbocycles. The summed E-state index contributed by atoms with van der Waals surface area (Å²) in [4.78, 5) is 13.5. The van der Waals surface area contributed by atoms with E-state index < -0.39 is 0 Å². The summed E-state index contributed by atoms with van der Waals surface area (Å²) in [7, 11) is 0. The van der Waals surface area contributed by atoms with Crippen molar-refractivity contribution in [3.63, 3.8) is 0 Å². The molecule has 0 aliphatic carbocycles. The van der Waals surface area contributed by atoms with Crippen molar-refractivity contribution >= 4 is 17.7 Å². The molecule has 3 rings (SSSR count). The van der Waals surface area contributed by atoms with Gasteiger partial charge in [0.25, 0.3) is 0 Å². The number of hydrogen-bond donors (Lipinski definition) is 1. The first kappa shape index (κ1) is 14.2. The standard InChI is InChI=1S/C18H19NOS/c20-18(11-10-14-6-2-1-3-7-14)19-16-12-13-21-17-9-5-4-8-15(16)17/h1-9,16H,10-13H2,(H,19,20)/t16-/m0/s1. The summed E-state index contributed by atoms with van der Waals surface area (Å²) >= 11 is 1.88. The van der Waals surface area contributed by atoms with E-state index in [-0.39, 0.29) is 11.9 Å². The minimum Gasteiger partial charge on any atom is -0.349 e. The fourth-order valence-electron chi connectivity index (χ4n) is 2.66. The molecule has 0 radical (unpaired) electrons. The third-order valence-corrected chi connectivity index (χ3v) is 4.90. The molecule has 108 valence electrons. The quantitative estimate of drug-likeness (QED) is 0.925. The van der Waals surface area contributed by atoms with Crippen molar-refractivity contribution in [2.75, 3.05) is 5.75 Å². The molecule has 1 aliphatic heterocycles. The molecule has 0 bridgehead atoms. The predicted octanol–water partition coefficient (Wildman–Crippen LogP) is 3.97. The van der Waals surface area contributed by atoms with Crippen molar-refractivity contribution in [2.24, 2.45) is 0 Å². The lowest BCUT2D eigenvalue weighted by Gasteiger charge is -2.25. The third-order valence-electron chi connectivity index (χ3n) is 3.78. The molecule has 3 heteroatoms. The SMILES string of the molecule is O=C(CCc1ccccc1)N[C@H]1CCSc2ccccc21. The zero-order valence-corrected chi connectivity index (χ0v) is 12.7. The molecule has 0 saturated carbocycles. The number of nitrogens with one attached hydrogen (secondary N) is 1. The summed E-state index contributed by atoms with van der Waals surface area (Å²) in [6.45, 7) is 0. The molecular formula is C18H19NOS. The fourth-order valence-corrected chi connectivity index (χ4v) is 3.79. The Kier molecular flexibility index (Phi) is 4.61. The van der Waals surface area contributed by atoms with Crippen LogP contribution >= 0.6 is 11.8 Å². The smallest absolute Gasteiger partial charge is 0.220 e. The van der Waals surface area contributed by atoms with Gasteiger partial charge in [-0.25, -0.2) is 0 Å². The number of thioether (sulfide) groups is 1. The van der Waals surface area contributed by atoms with Crippen molar-refractivity contribution in [1.29, 1.82) is 0 Å². The highest BCUT2D eigenvalue weighted by Crippen LogP contribution is 2.35. The summed E-state index contributed by atoms with van der Waals surface area (Å²) in [5.41, 5.74) is 2.48. The molecule has 0 aromatic heterocycles. The first-order chi connectivity index (χ1) is 10.3. The summed E-state index contributed by atoms with van der Waals surface area (Å²) in [6.07, 6.45) is 2.37. The second kappa shape index (κ2) is 6.81. The largest absolute Gasteiger partial charge is 0.349 e. The van der Waals surface area contributed by atoms with E-state index in [1.165, 1.54) is 16.0 Å². The molecule has 0 fully saturated rings. The van der Waals surface area contributed by atoms with Crippen LogP contribution in [0.2, 0.25) is 0 Å². The fraction of sp³-hybridized carbons (Fsp3) is 0.278. The van der Waals surface area contributed by atoms with E-state index in [2.05, 4.69) is 35.6 Å². The van der Waals surface area contributed by atoms with Gasteiger partial charge >= 0.3 is 0 Å². The van der Waals surface area contributed by atoms with Crippen LogP contribution < -0.4 is 5.32 Å². The zero-order valence-electron chi connectivity index (χ0n) is 11.9. The Balaban J connectivity index is 1.58. The van der Waals surface area contributed by atoms with Gasteiger partial charge < -0.3 is 5.32 Å². The first-order valence-electron chi connectivity index (χ1n) is 7.38. The van der Waals surface area contributed by atoms with Crippen molar-refractivity contribution in [3.05, 3.63) is 65.7 Å². The highest BCUT2D eigenvalue weighted by Gasteiger charge is 2.21. The number of rotatable bonds is 4.